The topological polar surface area (TPSA) is 91.3 Å². The number of anilines is 1. The van der Waals surface area contributed by atoms with Crippen molar-refractivity contribution < 1.29 is 24.2 Å². The molecule has 0 spiro atoms. The molecule has 2 heterocycles. The van der Waals surface area contributed by atoms with Gasteiger partial charge in [0.15, 0.2) is 11.5 Å². The number of nitrogens with one attached hydrogen (secondary N) is 1. The molecule has 2 aromatic rings. The standard InChI is InChI=1S/C17H22N2O5.C5H7NS/c1-18-13(10-16(20)19(18)17(21)22)11-7-8-14(23-2)15(9-11)24-12-5-3-4-6-12;1-6-5-3-2-4-7-5/h7-9,12-13H,3-6,10H2,1-2H3,(H,21,22);2-4,6H,1H3. The fourth-order valence-corrected chi connectivity index (χ4v) is 4.45. The molecule has 2 amide bonds. The molecule has 1 aliphatic carbocycles. The molecule has 8 nitrogen and oxygen atoms in total. The maximum atomic E-state index is 11.9. The van der Waals surface area contributed by atoms with Crippen molar-refractivity contribution in [3.8, 4) is 11.5 Å². The highest BCUT2D eigenvalue weighted by atomic mass is 32.1. The van der Waals surface area contributed by atoms with Crippen LogP contribution < -0.4 is 14.8 Å². The van der Waals surface area contributed by atoms with E-state index in [0.29, 0.717) is 11.5 Å². The monoisotopic (exact) mass is 447 g/mol. The molecule has 1 aromatic carbocycles. The number of amides is 2. The highest BCUT2D eigenvalue weighted by molar-refractivity contribution is 7.14. The number of carbonyl (C=O) groups is 2. The lowest BCUT2D eigenvalue weighted by Gasteiger charge is -2.25. The first-order chi connectivity index (χ1) is 14.9. The Balaban J connectivity index is 0.000000330. The molecule has 1 unspecified atom stereocenters. The smallest absolute Gasteiger partial charge is 0.429 e. The van der Waals surface area contributed by atoms with E-state index in [0.717, 1.165) is 23.4 Å². The second-order valence-corrected chi connectivity index (χ2v) is 8.39. The molecule has 2 aliphatic rings. The number of rotatable bonds is 5. The summed E-state index contributed by atoms with van der Waals surface area (Å²) in [7, 11) is 5.12. The van der Waals surface area contributed by atoms with Crippen molar-refractivity contribution in [3.05, 3.63) is 41.3 Å². The molecule has 2 N–H and O–H groups in total. The summed E-state index contributed by atoms with van der Waals surface area (Å²) >= 11 is 1.71. The molecular formula is C22H29N3O5S. The lowest BCUT2D eigenvalue weighted by atomic mass is 10.0. The zero-order chi connectivity index (χ0) is 22.4. The third-order valence-electron chi connectivity index (χ3n) is 5.49. The SMILES string of the molecule is CNc1cccs1.COc1ccc(C2CC(=O)N(C(=O)O)N2C)cc1OC1CCCC1. The van der Waals surface area contributed by atoms with Gasteiger partial charge in [-0.05, 0) is 60.9 Å². The molecule has 1 saturated heterocycles. The fourth-order valence-electron chi connectivity index (χ4n) is 3.87. The number of hydrogen-bond donors (Lipinski definition) is 2. The summed E-state index contributed by atoms with van der Waals surface area (Å²) < 4.78 is 11.4. The van der Waals surface area contributed by atoms with Gasteiger partial charge in [0.05, 0.1) is 30.7 Å². The second kappa shape index (κ2) is 10.5. The minimum absolute atomic E-state index is 0.123. The van der Waals surface area contributed by atoms with Crippen molar-refractivity contribution in [2.75, 3.05) is 26.5 Å². The lowest BCUT2D eigenvalue weighted by Crippen LogP contribution is -2.40. The molecule has 31 heavy (non-hydrogen) atoms. The van der Waals surface area contributed by atoms with Gasteiger partial charge in [-0.25, -0.2) is 9.80 Å². The van der Waals surface area contributed by atoms with E-state index >= 15 is 0 Å². The molecule has 0 radical (unpaired) electrons. The molecular weight excluding hydrogens is 418 g/mol. The molecule has 1 saturated carbocycles. The van der Waals surface area contributed by atoms with Crippen LogP contribution in [-0.4, -0.2) is 54.4 Å². The normalized spacial score (nSPS) is 19.1. The van der Waals surface area contributed by atoms with E-state index in [1.807, 2.05) is 36.7 Å². The van der Waals surface area contributed by atoms with Gasteiger partial charge in [0.25, 0.3) is 0 Å². The zero-order valence-corrected chi connectivity index (χ0v) is 18.9. The van der Waals surface area contributed by atoms with Gasteiger partial charge in [-0.15, -0.1) is 11.3 Å². The fraction of sp³-hybridized carbons (Fsp3) is 0.455. The summed E-state index contributed by atoms with van der Waals surface area (Å²) in [6.07, 6.45) is 3.44. The van der Waals surface area contributed by atoms with Crippen molar-refractivity contribution in [2.24, 2.45) is 0 Å². The Morgan fingerprint density at radius 2 is 1.97 bits per heavy atom. The van der Waals surface area contributed by atoms with Gasteiger partial charge in [-0.1, -0.05) is 6.07 Å². The molecule has 2 fully saturated rings. The summed E-state index contributed by atoms with van der Waals surface area (Å²) in [5, 5.41) is 17.7. The van der Waals surface area contributed by atoms with Crippen LogP contribution in [0.25, 0.3) is 0 Å². The van der Waals surface area contributed by atoms with Gasteiger partial charge in [-0.2, -0.15) is 5.01 Å². The van der Waals surface area contributed by atoms with Gasteiger partial charge in [0.2, 0.25) is 5.91 Å². The number of thiophene rings is 1. The largest absolute Gasteiger partial charge is 0.493 e. The molecule has 1 atom stereocenters. The third-order valence-corrected chi connectivity index (χ3v) is 6.38. The molecule has 0 bridgehead atoms. The number of hydrazine groups is 1. The van der Waals surface area contributed by atoms with E-state index in [1.165, 1.54) is 22.9 Å². The number of nitrogens with zero attached hydrogens (tertiary/aromatic N) is 2. The lowest BCUT2D eigenvalue weighted by molar-refractivity contribution is -0.133. The Bertz CT molecular complexity index is 883. The van der Waals surface area contributed by atoms with Gasteiger partial charge in [0, 0.05) is 14.1 Å². The van der Waals surface area contributed by atoms with Crippen LogP contribution >= 0.6 is 11.3 Å². The van der Waals surface area contributed by atoms with E-state index in [-0.39, 0.29) is 18.6 Å². The number of benzene rings is 1. The van der Waals surface area contributed by atoms with Crippen LogP contribution in [0.15, 0.2) is 35.7 Å². The van der Waals surface area contributed by atoms with Crippen molar-refractivity contribution in [2.45, 2.75) is 44.2 Å². The maximum Gasteiger partial charge on any atom is 0.429 e. The van der Waals surface area contributed by atoms with E-state index in [4.69, 9.17) is 14.6 Å². The highest BCUT2D eigenvalue weighted by Crippen LogP contribution is 2.38. The first kappa shape index (κ1) is 22.9. The van der Waals surface area contributed by atoms with Crippen LogP contribution in [-0.2, 0) is 4.79 Å². The van der Waals surface area contributed by atoms with E-state index in [9.17, 15) is 9.59 Å². The number of methoxy groups -OCH3 is 1. The predicted octanol–water partition coefficient (Wildman–Crippen LogP) is 4.60. The summed E-state index contributed by atoms with van der Waals surface area (Å²) in [5.74, 6) is 0.869. The van der Waals surface area contributed by atoms with Gasteiger partial charge >= 0.3 is 6.09 Å². The van der Waals surface area contributed by atoms with E-state index < -0.39 is 12.0 Å². The first-order valence-electron chi connectivity index (χ1n) is 10.3. The third kappa shape index (κ3) is 5.48. The Kier molecular flexibility index (Phi) is 7.75. The highest BCUT2D eigenvalue weighted by Gasteiger charge is 2.40. The Labute approximate surface area is 186 Å². The number of carboxylic acid groups (broad SMARTS) is 1. The Hall–Kier alpha value is -2.78. The van der Waals surface area contributed by atoms with E-state index in [1.54, 1.807) is 31.6 Å². The van der Waals surface area contributed by atoms with Gasteiger partial charge in [-0.3, -0.25) is 4.79 Å². The predicted molar refractivity (Wildman–Crippen MR) is 120 cm³/mol. The molecule has 168 valence electrons. The van der Waals surface area contributed by atoms with E-state index in [2.05, 4.69) is 5.32 Å². The number of carbonyl (C=O) groups excluding carboxylic acids is 1. The van der Waals surface area contributed by atoms with Crippen molar-refractivity contribution in [1.29, 1.82) is 0 Å². The van der Waals surface area contributed by atoms with Crippen LogP contribution in [0.1, 0.15) is 43.7 Å². The molecule has 1 aliphatic heterocycles. The number of hydrogen-bond acceptors (Lipinski definition) is 7. The van der Waals surface area contributed by atoms with Crippen LogP contribution in [0.2, 0.25) is 0 Å². The van der Waals surface area contributed by atoms with Crippen molar-refractivity contribution in [1.82, 2.24) is 10.0 Å². The summed E-state index contributed by atoms with van der Waals surface area (Å²) in [5.41, 5.74) is 0.836. The summed E-state index contributed by atoms with van der Waals surface area (Å²) in [6.45, 7) is 0. The zero-order valence-electron chi connectivity index (χ0n) is 18.0. The molecule has 9 heteroatoms. The molecule has 1 aromatic heterocycles. The van der Waals surface area contributed by atoms with Crippen LogP contribution in [0, 0.1) is 0 Å². The van der Waals surface area contributed by atoms with Crippen LogP contribution in [0.5, 0.6) is 11.5 Å². The number of ether oxygens (including phenoxy) is 2. The second-order valence-electron chi connectivity index (χ2n) is 7.44. The first-order valence-corrected chi connectivity index (χ1v) is 11.2. The average molecular weight is 448 g/mol. The van der Waals surface area contributed by atoms with Crippen molar-refractivity contribution >= 4 is 28.3 Å². The minimum Gasteiger partial charge on any atom is -0.493 e. The maximum absolute atomic E-state index is 11.9. The van der Waals surface area contributed by atoms with Gasteiger partial charge < -0.3 is 19.9 Å². The van der Waals surface area contributed by atoms with Gasteiger partial charge in [0.1, 0.15) is 0 Å². The Morgan fingerprint density at radius 1 is 1.23 bits per heavy atom. The number of imide groups is 1. The van der Waals surface area contributed by atoms with Crippen molar-refractivity contribution in [3.63, 3.8) is 0 Å². The summed E-state index contributed by atoms with van der Waals surface area (Å²) in [4.78, 5) is 23.2. The molecule has 4 rings (SSSR count). The quantitative estimate of drug-likeness (QED) is 0.692. The van der Waals surface area contributed by atoms with Crippen LogP contribution in [0.4, 0.5) is 9.80 Å². The summed E-state index contributed by atoms with van der Waals surface area (Å²) in [6, 6.07) is 9.25. The minimum atomic E-state index is -1.26. The average Bonchev–Trinajstić information content (AvgIpc) is 3.50. The van der Waals surface area contributed by atoms with Crippen LogP contribution in [0.3, 0.4) is 0 Å². The Morgan fingerprint density at radius 3 is 2.48 bits per heavy atom.